The summed E-state index contributed by atoms with van der Waals surface area (Å²) in [7, 11) is -6.38. The Hall–Kier alpha value is -1.62. The minimum atomic E-state index is -3.29. The van der Waals surface area contributed by atoms with Crippen LogP contribution in [0.3, 0.4) is 0 Å². The van der Waals surface area contributed by atoms with Crippen LogP contribution in [0.25, 0.3) is 11.2 Å². The van der Waals surface area contributed by atoms with Gasteiger partial charge in [0.25, 0.3) is 0 Å². The third kappa shape index (κ3) is 4.20. The van der Waals surface area contributed by atoms with Crippen molar-refractivity contribution < 1.29 is 22.8 Å². The van der Waals surface area contributed by atoms with Crippen molar-refractivity contribution in [3.05, 3.63) is 16.7 Å². The molecule has 11 nitrogen and oxygen atoms in total. The van der Waals surface area contributed by atoms with Crippen LogP contribution in [0.15, 0.2) is 11.1 Å². The number of ether oxygens (including phenoxy) is 1. The van der Waals surface area contributed by atoms with E-state index in [0.29, 0.717) is 0 Å². The molecule has 13 heteroatoms. The molecular formula is C22H41N5O6Si2-2. The summed E-state index contributed by atoms with van der Waals surface area (Å²) in [4.78, 5) is 23.1. The monoisotopic (exact) mass is 527 g/mol. The summed E-state index contributed by atoms with van der Waals surface area (Å²) in [6.07, 6.45) is -1.62. The first-order chi connectivity index (χ1) is 16.3. The molecule has 0 aliphatic carbocycles. The van der Waals surface area contributed by atoms with Crippen molar-refractivity contribution in [1.82, 2.24) is 19.5 Å². The number of anilines is 1. The van der Waals surface area contributed by atoms with E-state index in [9.17, 15) is 9.90 Å². The average Bonchev–Trinajstić information content (AvgIpc) is 3.28. The zero-order valence-electron chi connectivity index (χ0n) is 22.0. The number of nitrogens with zero attached hydrogens (tertiary/aromatic N) is 3. The molecule has 4 N–H and O–H groups in total. The van der Waals surface area contributed by atoms with Crippen molar-refractivity contribution in [3.8, 4) is 0 Å². The molecule has 4 rings (SSSR count). The van der Waals surface area contributed by atoms with E-state index in [4.69, 9.17) is 23.4 Å². The predicted molar refractivity (Wildman–Crippen MR) is 139 cm³/mol. The summed E-state index contributed by atoms with van der Waals surface area (Å²) < 4.78 is 28.9. The van der Waals surface area contributed by atoms with Crippen molar-refractivity contribution in [2.75, 3.05) is 12.3 Å². The molecule has 2 fully saturated rings. The van der Waals surface area contributed by atoms with Gasteiger partial charge in [-0.3, -0.25) is 0 Å². The van der Waals surface area contributed by atoms with Gasteiger partial charge in [0.2, 0.25) is 0 Å². The van der Waals surface area contributed by atoms with Gasteiger partial charge in [0.15, 0.2) is 0 Å². The van der Waals surface area contributed by atoms with Gasteiger partial charge < -0.3 is 0 Å². The Bertz CT molecular complexity index is 1100. The summed E-state index contributed by atoms with van der Waals surface area (Å²) in [6, 6.07) is 0. The number of nitrogens with one attached hydrogen (secondary N) is 1. The van der Waals surface area contributed by atoms with Gasteiger partial charge in [-0.05, 0) is 0 Å². The molecule has 4 atom stereocenters. The molecular weight excluding hydrogens is 486 g/mol. The summed E-state index contributed by atoms with van der Waals surface area (Å²) in [6.45, 7) is 17.5. The van der Waals surface area contributed by atoms with Gasteiger partial charge in [0.05, 0.1) is 0 Å². The van der Waals surface area contributed by atoms with Gasteiger partial charge in [-0.2, -0.15) is 0 Å². The number of hydrogen-bond acceptors (Lipinski definition) is 9. The SMILES string of the molecule is CC(C)[SiH-]1(C(C)C)OC[C@H]2O[C@@H](n3cnc4c(=O)[nH]c(N)nc43)[C@@H](O)[C@@H]2O[SiH-](C(C)C)(C(C)C)O1. The van der Waals surface area contributed by atoms with Crippen molar-refractivity contribution >= 4 is 34.2 Å². The number of imidazole rings is 1. The van der Waals surface area contributed by atoms with Crippen LogP contribution in [0, 0.1) is 0 Å². The molecule has 2 aromatic rings. The standard InChI is InChI=1S/C22H41N5O6Si2/c1-11(2)34(12(3)4)30-9-15-18(32-35(33-34,13(5)6)14(7)8)17(28)21(31-15)27-10-24-16-19(27)25-22(23)26-20(16)29/h10-15,17-18,21,28,34-35H,9H2,1-8H3,(H3,23,25,26,29)/q-2/t15-,17+,18-,21-/m1/s1. The van der Waals surface area contributed by atoms with Crippen LogP contribution in [-0.4, -0.2) is 66.7 Å². The van der Waals surface area contributed by atoms with E-state index in [1.54, 1.807) is 4.57 Å². The number of nitrogens with two attached hydrogens (primary N) is 1. The summed E-state index contributed by atoms with van der Waals surface area (Å²) in [5.74, 6) is -0.0332. The summed E-state index contributed by atoms with van der Waals surface area (Å²) in [5, 5.41) is 11.5. The molecule has 2 aliphatic heterocycles. The molecule has 0 unspecified atom stereocenters. The van der Waals surface area contributed by atoms with Crippen LogP contribution in [0.4, 0.5) is 5.95 Å². The Kier molecular flexibility index (Phi) is 7.07. The zero-order valence-corrected chi connectivity index (χ0v) is 24.3. The normalized spacial score (nSPS) is 30.5. The fraction of sp³-hybridized carbons (Fsp3) is 0.773. The second kappa shape index (κ2) is 9.36. The molecule has 4 heterocycles. The van der Waals surface area contributed by atoms with E-state index in [1.165, 1.54) is 6.33 Å². The van der Waals surface area contributed by atoms with E-state index in [-0.39, 0.29) is 45.9 Å². The number of aliphatic hydroxyl groups excluding tert-OH is 1. The van der Waals surface area contributed by atoms with Crippen molar-refractivity contribution in [2.45, 2.75) is 102 Å². The van der Waals surface area contributed by atoms with E-state index >= 15 is 0 Å². The maximum absolute atomic E-state index is 12.3. The number of aromatic nitrogens is 4. The van der Waals surface area contributed by atoms with Crippen molar-refractivity contribution in [1.29, 1.82) is 0 Å². The Balaban J connectivity index is 1.79. The molecule has 200 valence electrons. The first-order valence-corrected chi connectivity index (χ1v) is 17.3. The number of hydrogen-bond donors (Lipinski definition) is 3. The van der Waals surface area contributed by atoms with Gasteiger partial charge in [0.1, 0.15) is 0 Å². The second-order valence-electron chi connectivity index (χ2n) is 11.5. The Labute approximate surface area is 207 Å². The first kappa shape index (κ1) is 26.4. The molecule has 0 spiro atoms. The fourth-order valence-electron chi connectivity index (χ4n) is 6.14. The third-order valence-electron chi connectivity index (χ3n) is 8.07. The molecule has 35 heavy (non-hydrogen) atoms. The summed E-state index contributed by atoms with van der Waals surface area (Å²) >= 11 is 0. The Morgan fingerprint density at radius 3 is 2.26 bits per heavy atom. The molecule has 0 saturated carbocycles. The number of fused-ring (bicyclic) bond motifs is 2. The van der Waals surface area contributed by atoms with Crippen molar-refractivity contribution in [2.24, 2.45) is 0 Å². The number of nitrogen functional groups attached to an aromatic ring is 1. The number of H-pyrrole nitrogens is 1. The third-order valence-corrected chi connectivity index (χ3v) is 20.4. The Morgan fingerprint density at radius 2 is 1.69 bits per heavy atom. The van der Waals surface area contributed by atoms with E-state index in [1.807, 2.05) is 0 Å². The molecule has 2 saturated heterocycles. The van der Waals surface area contributed by atoms with Crippen LogP contribution in [-0.2, 0) is 17.7 Å². The molecule has 2 aliphatic rings. The molecule has 2 aromatic heterocycles. The zero-order chi connectivity index (χ0) is 25.9. The molecule has 0 radical (unpaired) electrons. The summed E-state index contributed by atoms with van der Waals surface area (Å²) in [5.41, 5.74) is 6.48. The molecule has 0 aromatic carbocycles. The van der Waals surface area contributed by atoms with Crippen molar-refractivity contribution in [3.63, 3.8) is 0 Å². The maximum atomic E-state index is 12.3. The first-order valence-electron chi connectivity index (χ1n) is 12.7. The van der Waals surface area contributed by atoms with E-state index < -0.39 is 47.2 Å². The van der Waals surface area contributed by atoms with Gasteiger partial charge in [0, 0.05) is 0 Å². The minimum absolute atomic E-state index is 0.0332. The topological polar surface area (TPSA) is 147 Å². The molecule has 0 bridgehead atoms. The number of aromatic amines is 1. The van der Waals surface area contributed by atoms with Gasteiger partial charge in [-0.15, -0.1) is 0 Å². The molecule has 0 amide bonds. The Morgan fingerprint density at radius 1 is 1.09 bits per heavy atom. The van der Waals surface area contributed by atoms with Gasteiger partial charge in [-0.1, -0.05) is 0 Å². The number of rotatable bonds is 5. The van der Waals surface area contributed by atoms with Gasteiger partial charge >= 0.3 is 208 Å². The van der Waals surface area contributed by atoms with Crippen LogP contribution in [0.2, 0.25) is 22.2 Å². The predicted octanol–water partition coefficient (Wildman–Crippen LogP) is 2.38. The van der Waals surface area contributed by atoms with Crippen LogP contribution in [0.5, 0.6) is 0 Å². The van der Waals surface area contributed by atoms with Crippen LogP contribution in [0.1, 0.15) is 61.6 Å². The second-order valence-corrected chi connectivity index (χ2v) is 21.9. The average molecular weight is 528 g/mol. The van der Waals surface area contributed by atoms with E-state index in [2.05, 4.69) is 70.3 Å². The quantitative estimate of drug-likeness (QED) is 0.499. The fourth-order valence-corrected chi connectivity index (χ4v) is 20.2. The number of aliphatic hydroxyl groups is 1. The van der Waals surface area contributed by atoms with Crippen LogP contribution < -0.4 is 11.3 Å². The van der Waals surface area contributed by atoms with Gasteiger partial charge in [-0.25, -0.2) is 0 Å². The van der Waals surface area contributed by atoms with E-state index in [0.717, 1.165) is 0 Å². The van der Waals surface area contributed by atoms with Crippen LogP contribution >= 0.6 is 0 Å².